The summed E-state index contributed by atoms with van der Waals surface area (Å²) >= 11 is 0. The largest absolute Gasteiger partial charge is 0.454 e. The normalized spacial score (nSPS) is 28.2. The average Bonchev–Trinajstić information content (AvgIpc) is 3.05. The zero-order chi connectivity index (χ0) is 32.3. The summed E-state index contributed by atoms with van der Waals surface area (Å²) in [5.74, 6) is 0.938. The first-order chi connectivity index (χ1) is 22.4. The van der Waals surface area contributed by atoms with Gasteiger partial charge in [-0.15, -0.1) is 0 Å². The number of rotatable bonds is 14. The molecule has 1 heterocycles. The van der Waals surface area contributed by atoms with E-state index in [9.17, 15) is 4.79 Å². The Morgan fingerprint density at radius 2 is 1.30 bits per heavy atom. The van der Waals surface area contributed by atoms with Crippen LogP contribution in [-0.2, 0) is 53.0 Å². The fourth-order valence-electron chi connectivity index (χ4n) is 6.67. The van der Waals surface area contributed by atoms with Crippen molar-refractivity contribution in [3.8, 4) is 0 Å². The van der Waals surface area contributed by atoms with Crippen LogP contribution in [0.25, 0.3) is 0 Å². The molecule has 0 N–H and O–H groups in total. The molecule has 0 unspecified atom stereocenters. The van der Waals surface area contributed by atoms with Gasteiger partial charge in [-0.3, -0.25) is 4.79 Å². The van der Waals surface area contributed by atoms with Crippen LogP contribution in [0.2, 0.25) is 0 Å². The number of hydrogen-bond acceptors (Lipinski definition) is 7. The first-order valence-corrected chi connectivity index (χ1v) is 16.8. The summed E-state index contributed by atoms with van der Waals surface area (Å²) in [5.41, 5.74) is 3.10. The van der Waals surface area contributed by atoms with Gasteiger partial charge < -0.3 is 28.4 Å². The Labute approximate surface area is 274 Å². The monoisotopic (exact) mass is 630 g/mol. The maximum absolute atomic E-state index is 12.6. The van der Waals surface area contributed by atoms with Gasteiger partial charge in [0.2, 0.25) is 0 Å². The van der Waals surface area contributed by atoms with Gasteiger partial charge in [0.1, 0.15) is 18.3 Å². The van der Waals surface area contributed by atoms with Crippen LogP contribution >= 0.6 is 0 Å². The highest BCUT2D eigenvalue weighted by Crippen LogP contribution is 2.39. The molecule has 0 aromatic heterocycles. The Kier molecular flexibility index (Phi) is 12.8. The molecule has 1 aliphatic heterocycles. The SMILES string of the molecule is CC(=O)O[C@H]1[C@H](O[C@@H]2C[C@H](C)CC[C@H]2C(C)C)O[C@H](COCc2ccccc2)[C@@H](OCc2ccccc2)[C@@H]1OCc1ccccc1. The molecule has 248 valence electrons. The summed E-state index contributed by atoms with van der Waals surface area (Å²) in [6, 6.07) is 30.1. The zero-order valence-electron chi connectivity index (χ0n) is 27.7. The molecule has 1 aliphatic carbocycles. The summed E-state index contributed by atoms with van der Waals surface area (Å²) in [5, 5.41) is 0. The minimum Gasteiger partial charge on any atom is -0.454 e. The van der Waals surface area contributed by atoms with Gasteiger partial charge in [0.15, 0.2) is 12.4 Å². The van der Waals surface area contributed by atoms with Crippen LogP contribution in [0.5, 0.6) is 0 Å². The van der Waals surface area contributed by atoms with Crippen LogP contribution in [0.3, 0.4) is 0 Å². The van der Waals surface area contributed by atoms with Crippen molar-refractivity contribution in [3.05, 3.63) is 108 Å². The number of carbonyl (C=O) groups is 1. The molecule has 3 aromatic carbocycles. The van der Waals surface area contributed by atoms with E-state index in [2.05, 4.69) is 20.8 Å². The molecule has 2 aliphatic rings. The van der Waals surface area contributed by atoms with Crippen molar-refractivity contribution in [3.63, 3.8) is 0 Å². The minimum atomic E-state index is -0.844. The molecule has 0 radical (unpaired) electrons. The van der Waals surface area contributed by atoms with Crippen LogP contribution in [0.15, 0.2) is 91.0 Å². The van der Waals surface area contributed by atoms with Crippen LogP contribution in [0, 0.1) is 17.8 Å². The first kappa shape index (κ1) is 34.3. The van der Waals surface area contributed by atoms with E-state index in [1.165, 1.54) is 13.3 Å². The molecule has 3 aromatic rings. The van der Waals surface area contributed by atoms with Crippen molar-refractivity contribution in [2.75, 3.05) is 6.61 Å². The van der Waals surface area contributed by atoms with Gasteiger partial charge in [-0.05, 0) is 47.3 Å². The lowest BCUT2D eigenvalue weighted by Crippen LogP contribution is -2.63. The molecule has 0 spiro atoms. The maximum atomic E-state index is 12.6. The van der Waals surface area contributed by atoms with Crippen LogP contribution in [0.4, 0.5) is 0 Å². The van der Waals surface area contributed by atoms with Crippen molar-refractivity contribution in [2.24, 2.45) is 17.8 Å². The molecule has 46 heavy (non-hydrogen) atoms. The summed E-state index contributed by atoms with van der Waals surface area (Å²) in [6.45, 7) is 9.52. The zero-order valence-corrected chi connectivity index (χ0v) is 27.7. The Balaban J connectivity index is 1.45. The highest BCUT2D eigenvalue weighted by Gasteiger charge is 2.51. The smallest absolute Gasteiger partial charge is 0.303 e. The number of carbonyl (C=O) groups excluding carboxylic acids is 1. The highest BCUT2D eigenvalue weighted by atomic mass is 16.7. The van der Waals surface area contributed by atoms with Gasteiger partial charge in [-0.1, -0.05) is 118 Å². The average molecular weight is 631 g/mol. The third-order valence-corrected chi connectivity index (χ3v) is 9.13. The lowest BCUT2D eigenvalue weighted by Gasteiger charge is -2.47. The Morgan fingerprint density at radius 1 is 0.761 bits per heavy atom. The van der Waals surface area contributed by atoms with Crippen molar-refractivity contribution < 1.29 is 33.2 Å². The van der Waals surface area contributed by atoms with Crippen LogP contribution in [-0.4, -0.2) is 49.4 Å². The second-order valence-electron chi connectivity index (χ2n) is 13.1. The lowest BCUT2D eigenvalue weighted by molar-refractivity contribution is -0.334. The lowest BCUT2D eigenvalue weighted by atomic mass is 9.75. The Morgan fingerprint density at radius 3 is 1.85 bits per heavy atom. The van der Waals surface area contributed by atoms with Crippen molar-refractivity contribution in [1.82, 2.24) is 0 Å². The standard InChI is InChI=1S/C39H50O7/c1-27(2)33-21-20-28(3)22-34(33)45-39-38(44-29(4)40)37(43-25-32-18-12-7-13-19-32)36(42-24-31-16-10-6-11-17-31)35(46-39)26-41-23-30-14-8-5-9-15-30/h5-19,27-28,33-39H,20-26H2,1-4H3/t28-,33+,34-,35-,36-,37+,38-,39-/m1/s1. The van der Waals surface area contributed by atoms with E-state index in [-0.39, 0.29) is 12.7 Å². The third-order valence-electron chi connectivity index (χ3n) is 9.13. The molecule has 2 fully saturated rings. The number of ether oxygens (including phenoxy) is 6. The fourth-order valence-corrected chi connectivity index (χ4v) is 6.67. The van der Waals surface area contributed by atoms with Crippen LogP contribution < -0.4 is 0 Å². The van der Waals surface area contributed by atoms with E-state index >= 15 is 0 Å². The Hall–Kier alpha value is -3.07. The molecule has 7 heteroatoms. The molecule has 5 rings (SSSR count). The first-order valence-electron chi connectivity index (χ1n) is 16.8. The molecule has 7 nitrogen and oxygen atoms in total. The topological polar surface area (TPSA) is 72.5 Å². The number of benzene rings is 3. The quantitative estimate of drug-likeness (QED) is 0.171. The molecule has 0 amide bonds. The highest BCUT2D eigenvalue weighted by molar-refractivity contribution is 5.66. The molecular weight excluding hydrogens is 580 g/mol. The second kappa shape index (κ2) is 17.2. The van der Waals surface area contributed by atoms with Crippen molar-refractivity contribution in [2.45, 2.75) is 104 Å². The van der Waals surface area contributed by atoms with Crippen LogP contribution in [0.1, 0.15) is 63.6 Å². The second-order valence-corrected chi connectivity index (χ2v) is 13.1. The van der Waals surface area contributed by atoms with E-state index in [1.807, 2.05) is 91.0 Å². The van der Waals surface area contributed by atoms with E-state index in [1.54, 1.807) is 0 Å². The molecule has 1 saturated heterocycles. The molecule has 8 atom stereocenters. The summed E-state index contributed by atoms with van der Waals surface area (Å²) in [4.78, 5) is 12.6. The summed E-state index contributed by atoms with van der Waals surface area (Å²) < 4.78 is 39.3. The van der Waals surface area contributed by atoms with Gasteiger partial charge in [0.05, 0.1) is 32.5 Å². The van der Waals surface area contributed by atoms with Gasteiger partial charge in [0.25, 0.3) is 0 Å². The maximum Gasteiger partial charge on any atom is 0.303 e. The van der Waals surface area contributed by atoms with E-state index in [4.69, 9.17) is 28.4 Å². The fraction of sp³-hybridized carbons (Fsp3) is 0.513. The van der Waals surface area contributed by atoms with E-state index < -0.39 is 36.7 Å². The van der Waals surface area contributed by atoms with Gasteiger partial charge in [-0.2, -0.15) is 0 Å². The minimum absolute atomic E-state index is 0.0331. The van der Waals surface area contributed by atoms with Crippen molar-refractivity contribution in [1.29, 1.82) is 0 Å². The molecule has 1 saturated carbocycles. The number of hydrogen-bond donors (Lipinski definition) is 0. The van der Waals surface area contributed by atoms with Gasteiger partial charge >= 0.3 is 5.97 Å². The molecular formula is C39H50O7. The van der Waals surface area contributed by atoms with Gasteiger partial charge in [-0.25, -0.2) is 0 Å². The van der Waals surface area contributed by atoms with Gasteiger partial charge in [0, 0.05) is 6.92 Å². The van der Waals surface area contributed by atoms with E-state index in [0.717, 1.165) is 29.5 Å². The predicted octanol–water partition coefficient (Wildman–Crippen LogP) is 7.51. The number of esters is 1. The summed E-state index contributed by atoms with van der Waals surface area (Å²) in [7, 11) is 0. The van der Waals surface area contributed by atoms with E-state index in [0.29, 0.717) is 37.6 Å². The predicted molar refractivity (Wildman–Crippen MR) is 177 cm³/mol. The van der Waals surface area contributed by atoms with Crippen molar-refractivity contribution >= 4 is 5.97 Å². The third kappa shape index (κ3) is 9.72. The Bertz CT molecular complexity index is 1300. The summed E-state index contributed by atoms with van der Waals surface area (Å²) in [6.07, 6.45) is -0.331. The molecule has 0 bridgehead atoms.